The van der Waals surface area contributed by atoms with Gasteiger partial charge in [0.05, 0.1) is 37.5 Å². The van der Waals surface area contributed by atoms with Gasteiger partial charge in [-0.3, -0.25) is 9.69 Å². The summed E-state index contributed by atoms with van der Waals surface area (Å²) >= 11 is 0. The third-order valence-corrected chi connectivity index (χ3v) is 15.3. The van der Waals surface area contributed by atoms with E-state index in [0.717, 1.165) is 43.6 Å². The summed E-state index contributed by atoms with van der Waals surface area (Å²) in [5.41, 5.74) is 0.839. The average Bonchev–Trinajstić information content (AvgIpc) is 3.35. The number of hydrogen-bond donors (Lipinski definition) is 1. The molecule has 1 amide bonds. The lowest BCUT2D eigenvalue weighted by Crippen LogP contribution is -2.56. The van der Waals surface area contributed by atoms with Gasteiger partial charge in [-0.05, 0) is 123 Å². The van der Waals surface area contributed by atoms with Gasteiger partial charge in [0.1, 0.15) is 0 Å². The highest BCUT2D eigenvalue weighted by atomic mass is 16.7. The van der Waals surface area contributed by atoms with Gasteiger partial charge in [0.15, 0.2) is 6.29 Å². The Labute approximate surface area is 274 Å². The molecule has 0 aromatic rings. The predicted molar refractivity (Wildman–Crippen MR) is 178 cm³/mol. The Morgan fingerprint density at radius 1 is 1.04 bits per heavy atom. The molecule has 11 unspecified atom stereocenters. The summed E-state index contributed by atoms with van der Waals surface area (Å²) in [4.78, 5) is 16.2. The van der Waals surface area contributed by atoms with Crippen molar-refractivity contribution in [2.24, 2.45) is 51.2 Å². The zero-order chi connectivity index (χ0) is 32.6. The first-order valence-electron chi connectivity index (χ1n) is 18.6. The number of morpholine rings is 1. The van der Waals surface area contributed by atoms with Gasteiger partial charge >= 0.3 is 0 Å². The number of nitrogens with zero attached hydrogens (tertiary/aromatic N) is 2. The molecule has 6 rings (SSSR count). The maximum absolute atomic E-state index is 12.4. The SMILES string of the molecule is COC1CC2C3CCC4C(C)(C)C(OC5CN(CC(=O)N(C)C)CCO5)CCC45C(C)C35CCC2(C)C1CCCCC(C)(C)O. The molecular weight excluding hydrogens is 564 g/mol. The molecule has 5 saturated carbocycles. The first kappa shape index (κ1) is 34.1. The number of hydrogen-bond acceptors (Lipinski definition) is 6. The highest BCUT2D eigenvalue weighted by Gasteiger charge is 2.84. The molecule has 0 aromatic carbocycles. The largest absolute Gasteiger partial charge is 0.390 e. The van der Waals surface area contributed by atoms with Crippen molar-refractivity contribution in [1.82, 2.24) is 9.80 Å². The van der Waals surface area contributed by atoms with E-state index in [1.807, 2.05) is 35.1 Å². The third kappa shape index (κ3) is 5.45. The molecule has 1 heterocycles. The van der Waals surface area contributed by atoms with Crippen molar-refractivity contribution in [2.45, 2.75) is 136 Å². The van der Waals surface area contributed by atoms with Crippen LogP contribution in [0.2, 0.25) is 0 Å². The van der Waals surface area contributed by atoms with Crippen molar-refractivity contribution in [3.63, 3.8) is 0 Å². The molecule has 6 fully saturated rings. The van der Waals surface area contributed by atoms with E-state index in [4.69, 9.17) is 14.2 Å². The van der Waals surface area contributed by atoms with Gasteiger partial charge < -0.3 is 24.2 Å². The van der Waals surface area contributed by atoms with Crippen LogP contribution < -0.4 is 0 Å². The lowest BCUT2D eigenvalue weighted by Gasteiger charge is -2.59. The molecule has 11 atom stereocenters. The summed E-state index contributed by atoms with van der Waals surface area (Å²) in [5, 5.41) is 10.3. The molecule has 0 bridgehead atoms. The van der Waals surface area contributed by atoms with Crippen LogP contribution >= 0.6 is 0 Å². The number of carbonyl (C=O) groups is 1. The number of ether oxygens (including phenoxy) is 3. The predicted octanol–water partition coefficient (Wildman–Crippen LogP) is 6.37. The van der Waals surface area contributed by atoms with E-state index < -0.39 is 5.60 Å². The molecule has 0 radical (unpaired) electrons. The Kier molecular flexibility index (Phi) is 9.10. The van der Waals surface area contributed by atoms with Gasteiger partial charge in [-0.25, -0.2) is 0 Å². The van der Waals surface area contributed by atoms with Gasteiger partial charge in [-0.15, -0.1) is 0 Å². The number of methoxy groups -OCH3 is 1. The van der Waals surface area contributed by atoms with Crippen LogP contribution in [0.15, 0.2) is 0 Å². The lowest BCUT2D eigenvalue weighted by atomic mass is 9.46. The molecule has 258 valence electrons. The molecular formula is C38H66N2O5. The molecule has 45 heavy (non-hydrogen) atoms. The van der Waals surface area contributed by atoms with E-state index in [1.54, 1.807) is 4.90 Å². The molecule has 1 N–H and O–H groups in total. The number of carbonyl (C=O) groups excluding carboxylic acids is 1. The first-order chi connectivity index (χ1) is 21.1. The first-order valence-corrected chi connectivity index (χ1v) is 18.6. The van der Waals surface area contributed by atoms with Crippen LogP contribution in [0, 0.1) is 51.2 Å². The van der Waals surface area contributed by atoms with Crippen molar-refractivity contribution in [3.8, 4) is 0 Å². The zero-order valence-corrected chi connectivity index (χ0v) is 30.2. The van der Waals surface area contributed by atoms with Gasteiger partial charge in [-0.1, -0.05) is 40.5 Å². The van der Waals surface area contributed by atoms with Crippen LogP contribution in [-0.2, 0) is 19.0 Å². The van der Waals surface area contributed by atoms with Crippen LogP contribution in [0.1, 0.15) is 112 Å². The van der Waals surface area contributed by atoms with Crippen molar-refractivity contribution < 1.29 is 24.1 Å². The molecule has 6 aliphatic rings. The number of likely N-dealkylation sites (N-methyl/N-ethyl adjacent to an activating group) is 1. The number of fused-ring (bicyclic) bond motifs is 2. The van der Waals surface area contributed by atoms with Gasteiger partial charge in [0.25, 0.3) is 0 Å². The Balaban J connectivity index is 1.14. The van der Waals surface area contributed by atoms with E-state index in [2.05, 4.69) is 32.6 Å². The number of amides is 1. The minimum atomic E-state index is -0.566. The van der Waals surface area contributed by atoms with Crippen molar-refractivity contribution in [1.29, 1.82) is 0 Å². The highest BCUT2D eigenvalue weighted by Crippen LogP contribution is 2.89. The summed E-state index contributed by atoms with van der Waals surface area (Å²) in [7, 11) is 5.61. The fraction of sp³-hybridized carbons (Fsp3) is 0.974. The third-order valence-electron chi connectivity index (χ3n) is 15.3. The minimum Gasteiger partial charge on any atom is -0.390 e. The van der Waals surface area contributed by atoms with Crippen LogP contribution in [0.3, 0.4) is 0 Å². The molecule has 2 spiro atoms. The number of aliphatic hydroxyl groups is 1. The summed E-state index contributed by atoms with van der Waals surface area (Å²) in [6.45, 7) is 16.7. The van der Waals surface area contributed by atoms with E-state index in [-0.39, 0.29) is 23.7 Å². The Morgan fingerprint density at radius 2 is 1.80 bits per heavy atom. The van der Waals surface area contributed by atoms with Crippen molar-refractivity contribution >= 4 is 5.91 Å². The normalized spacial score (nSPS) is 45.6. The molecule has 0 aromatic heterocycles. The quantitative estimate of drug-likeness (QED) is 0.283. The fourth-order valence-electron chi connectivity index (χ4n) is 13.1. The molecule has 5 aliphatic carbocycles. The molecule has 7 heteroatoms. The number of unbranched alkanes of at least 4 members (excludes halogenated alkanes) is 1. The summed E-state index contributed by atoms with van der Waals surface area (Å²) in [6.07, 6.45) is 13.8. The maximum atomic E-state index is 12.4. The summed E-state index contributed by atoms with van der Waals surface area (Å²) in [5.74, 6) is 3.84. The topological polar surface area (TPSA) is 71.5 Å². The second kappa shape index (κ2) is 12.0. The van der Waals surface area contributed by atoms with E-state index in [9.17, 15) is 9.90 Å². The van der Waals surface area contributed by atoms with Gasteiger partial charge in [-0.2, -0.15) is 0 Å². The Hall–Kier alpha value is -0.730. The standard InChI is InChI=1S/C38H66N2O5/c1-25-37-19-18-36(6)27(12-10-11-16-34(2,3)42)29(43-9)22-28(36)26(37)13-14-30-35(4,5)31(15-17-38(25,30)37)45-33-24-40(20-21-44-33)23-32(41)39(7)8/h25-31,33,42H,10-24H2,1-9H3. The van der Waals surface area contributed by atoms with Crippen LogP contribution in [0.25, 0.3) is 0 Å². The zero-order valence-electron chi connectivity index (χ0n) is 30.2. The van der Waals surface area contributed by atoms with E-state index in [1.165, 1.54) is 51.4 Å². The van der Waals surface area contributed by atoms with E-state index >= 15 is 0 Å². The lowest BCUT2D eigenvalue weighted by molar-refractivity contribution is -0.245. The van der Waals surface area contributed by atoms with Gasteiger partial charge in [0.2, 0.25) is 5.91 Å². The van der Waals surface area contributed by atoms with Gasteiger partial charge in [0, 0.05) is 27.7 Å². The summed E-state index contributed by atoms with van der Waals surface area (Å²) in [6, 6.07) is 0. The van der Waals surface area contributed by atoms with E-state index in [0.29, 0.717) is 53.9 Å². The van der Waals surface area contributed by atoms with Crippen molar-refractivity contribution in [2.75, 3.05) is 47.4 Å². The smallest absolute Gasteiger partial charge is 0.236 e. The Bertz CT molecular complexity index is 1090. The highest BCUT2D eigenvalue weighted by molar-refractivity contribution is 5.77. The van der Waals surface area contributed by atoms with Crippen molar-refractivity contribution in [3.05, 3.63) is 0 Å². The second-order valence-electron chi connectivity index (χ2n) is 18.1. The molecule has 7 nitrogen and oxygen atoms in total. The number of rotatable bonds is 10. The minimum absolute atomic E-state index is 0.0978. The Morgan fingerprint density at radius 3 is 2.49 bits per heavy atom. The van der Waals surface area contributed by atoms with Crippen LogP contribution in [0.5, 0.6) is 0 Å². The van der Waals surface area contributed by atoms with Crippen LogP contribution in [0.4, 0.5) is 0 Å². The fourth-order valence-corrected chi connectivity index (χ4v) is 13.1. The molecule has 1 aliphatic heterocycles. The van der Waals surface area contributed by atoms with Crippen LogP contribution in [-0.4, -0.2) is 92.4 Å². The maximum Gasteiger partial charge on any atom is 0.236 e. The monoisotopic (exact) mass is 630 g/mol. The average molecular weight is 631 g/mol. The molecule has 1 saturated heterocycles. The second-order valence-corrected chi connectivity index (χ2v) is 18.1. The summed E-state index contributed by atoms with van der Waals surface area (Å²) < 4.78 is 19.3.